The van der Waals surface area contributed by atoms with Crippen molar-refractivity contribution in [1.29, 1.82) is 0 Å². The second-order valence-electron chi connectivity index (χ2n) is 7.25. The van der Waals surface area contributed by atoms with E-state index in [1.165, 1.54) is 4.70 Å². The number of anilines is 1. The van der Waals surface area contributed by atoms with Crippen LogP contribution in [0.5, 0.6) is 0 Å². The molecule has 0 amide bonds. The first-order valence-corrected chi connectivity index (χ1v) is 10.8. The Morgan fingerprint density at radius 2 is 1.51 bits per heavy atom. The van der Waals surface area contributed by atoms with Gasteiger partial charge in [-0.05, 0) is 11.4 Å². The van der Waals surface area contributed by atoms with E-state index in [4.69, 9.17) is 19.8 Å². The Morgan fingerprint density at radius 3 is 1.97 bits per heavy atom. The maximum Gasteiger partial charge on any atom is 0.490 e. The number of hydrogen-bond acceptors (Lipinski definition) is 9. The number of piperazine rings is 1. The molecule has 35 heavy (non-hydrogen) atoms. The summed E-state index contributed by atoms with van der Waals surface area (Å²) < 4.78 is 64.6. The molecular formula is C18H21F6N5O5S. The quantitative estimate of drug-likeness (QED) is 0.419. The summed E-state index contributed by atoms with van der Waals surface area (Å²) in [5, 5.41) is 29.6. The van der Waals surface area contributed by atoms with Crippen LogP contribution in [0.3, 0.4) is 0 Å². The highest BCUT2D eigenvalue weighted by atomic mass is 32.1. The number of alkyl halides is 6. The van der Waals surface area contributed by atoms with Gasteiger partial charge in [0, 0.05) is 45.3 Å². The number of aromatic nitrogens is 2. The zero-order chi connectivity index (χ0) is 26.4. The fraction of sp³-hybridized carbons (Fsp3) is 0.556. The Labute approximate surface area is 197 Å². The van der Waals surface area contributed by atoms with Gasteiger partial charge >= 0.3 is 24.3 Å². The first-order valence-electron chi connectivity index (χ1n) is 9.88. The van der Waals surface area contributed by atoms with E-state index < -0.39 is 24.3 Å². The number of thiophene rings is 1. The van der Waals surface area contributed by atoms with Crippen molar-refractivity contribution in [3.63, 3.8) is 0 Å². The molecule has 196 valence electrons. The van der Waals surface area contributed by atoms with E-state index in [1.54, 1.807) is 17.7 Å². The van der Waals surface area contributed by atoms with Gasteiger partial charge in [-0.3, -0.25) is 4.90 Å². The van der Waals surface area contributed by atoms with Gasteiger partial charge in [0.25, 0.3) is 0 Å². The van der Waals surface area contributed by atoms with Crippen LogP contribution in [-0.2, 0) is 9.59 Å². The third kappa shape index (κ3) is 8.15. The van der Waals surface area contributed by atoms with Gasteiger partial charge in [-0.1, -0.05) is 0 Å². The van der Waals surface area contributed by atoms with Crippen LogP contribution in [0.15, 0.2) is 17.8 Å². The molecule has 2 aliphatic heterocycles. The van der Waals surface area contributed by atoms with E-state index in [2.05, 4.69) is 30.5 Å². The predicted octanol–water partition coefficient (Wildman–Crippen LogP) is 1.41. The van der Waals surface area contributed by atoms with Gasteiger partial charge in [0.05, 0.1) is 16.3 Å². The van der Waals surface area contributed by atoms with E-state index in [1.807, 2.05) is 6.07 Å². The fourth-order valence-electron chi connectivity index (χ4n) is 3.29. The van der Waals surface area contributed by atoms with Crippen molar-refractivity contribution in [2.45, 2.75) is 24.5 Å². The number of carboxylic acid groups (broad SMARTS) is 2. The lowest BCUT2D eigenvalue weighted by molar-refractivity contribution is -0.193. The molecule has 4 N–H and O–H groups in total. The van der Waals surface area contributed by atoms with Crippen molar-refractivity contribution >= 4 is 39.3 Å². The molecule has 4 rings (SSSR count). The van der Waals surface area contributed by atoms with Gasteiger partial charge in [0.2, 0.25) is 0 Å². The third-order valence-electron chi connectivity index (χ3n) is 4.94. The molecule has 0 saturated carbocycles. The van der Waals surface area contributed by atoms with Crippen molar-refractivity contribution in [1.82, 2.24) is 20.2 Å². The van der Waals surface area contributed by atoms with Gasteiger partial charge in [0.1, 0.15) is 12.1 Å². The Bertz CT molecular complexity index is 972. The number of fused-ring (bicyclic) bond motifs is 1. The van der Waals surface area contributed by atoms with Crippen LogP contribution < -0.4 is 10.2 Å². The average Bonchev–Trinajstić information content (AvgIpc) is 3.42. The molecule has 0 spiro atoms. The maximum atomic E-state index is 10.6. The molecule has 2 saturated heterocycles. The number of β-amino-alcohol motifs (C(OH)–C–C–N with tert-alkyl or cyclic N) is 1. The lowest BCUT2D eigenvalue weighted by atomic mass is 10.1. The SMILES string of the molecule is O=C(O)C(F)(F)F.O=C(O)C(F)(F)F.O[C@H]1CNC[C@@H]1N1CCN(c2ncnc3ccsc23)CC1. The highest BCUT2D eigenvalue weighted by molar-refractivity contribution is 7.17. The van der Waals surface area contributed by atoms with Gasteiger partial charge < -0.3 is 25.5 Å². The molecular weight excluding hydrogens is 512 g/mol. The van der Waals surface area contributed by atoms with Crippen molar-refractivity contribution < 1.29 is 51.3 Å². The summed E-state index contributed by atoms with van der Waals surface area (Å²) in [6, 6.07) is 2.31. The summed E-state index contributed by atoms with van der Waals surface area (Å²) in [5.41, 5.74) is 1.03. The minimum atomic E-state index is -5.08. The second kappa shape index (κ2) is 11.8. The lowest BCUT2D eigenvalue weighted by Gasteiger charge is -2.39. The Hall–Kier alpha value is -2.76. The first-order chi connectivity index (χ1) is 16.2. The van der Waals surface area contributed by atoms with Crippen molar-refractivity contribution in [3.8, 4) is 0 Å². The number of carbonyl (C=O) groups is 2. The maximum absolute atomic E-state index is 10.6. The summed E-state index contributed by atoms with van der Waals surface area (Å²) in [6.45, 7) is 5.46. The molecule has 4 heterocycles. The second-order valence-corrected chi connectivity index (χ2v) is 8.17. The normalized spacial score (nSPS) is 21.1. The molecule has 0 aromatic carbocycles. The largest absolute Gasteiger partial charge is 0.490 e. The summed E-state index contributed by atoms with van der Waals surface area (Å²) >= 11 is 1.70. The van der Waals surface area contributed by atoms with Gasteiger partial charge in [-0.2, -0.15) is 26.3 Å². The van der Waals surface area contributed by atoms with Crippen molar-refractivity contribution in [3.05, 3.63) is 17.8 Å². The van der Waals surface area contributed by atoms with Crippen LogP contribution in [-0.4, -0.2) is 106 Å². The average molecular weight is 533 g/mol. The van der Waals surface area contributed by atoms with E-state index in [0.717, 1.165) is 44.1 Å². The van der Waals surface area contributed by atoms with Crippen LogP contribution in [0, 0.1) is 0 Å². The molecule has 17 heteroatoms. The van der Waals surface area contributed by atoms with E-state index in [9.17, 15) is 31.4 Å². The molecule has 2 aromatic heterocycles. The molecule has 2 aliphatic rings. The van der Waals surface area contributed by atoms with Crippen LogP contribution in [0.2, 0.25) is 0 Å². The molecule has 2 atom stereocenters. The number of aliphatic hydroxyl groups excluding tert-OH is 1. The number of nitrogens with one attached hydrogen (secondary N) is 1. The summed E-state index contributed by atoms with van der Waals surface area (Å²) in [6.07, 6.45) is -8.75. The fourth-order valence-corrected chi connectivity index (χ4v) is 4.15. The van der Waals surface area contributed by atoms with Gasteiger partial charge in [-0.15, -0.1) is 11.3 Å². The van der Waals surface area contributed by atoms with Crippen LogP contribution in [0.4, 0.5) is 32.2 Å². The van der Waals surface area contributed by atoms with E-state index in [-0.39, 0.29) is 12.1 Å². The number of halogens is 6. The number of rotatable bonds is 2. The molecule has 0 unspecified atom stereocenters. The topological polar surface area (TPSA) is 139 Å². The predicted molar refractivity (Wildman–Crippen MR) is 111 cm³/mol. The monoisotopic (exact) mass is 533 g/mol. The Kier molecular flexibility index (Phi) is 9.59. The number of hydrogen-bond donors (Lipinski definition) is 4. The standard InChI is InChI=1S/C14H19N5OS.2C2HF3O2/c20-12-8-15-7-11(12)18-2-4-19(5-3-18)14-13-10(1-6-21-13)16-9-17-14;2*3-2(4,5)1(6)7/h1,6,9,11-12,15,20H,2-5,7-8H2;2*(H,6,7)/t11-,12-;;/m0../s1. The number of carboxylic acids is 2. The lowest BCUT2D eigenvalue weighted by Crippen LogP contribution is -2.53. The number of nitrogens with zero attached hydrogens (tertiary/aromatic N) is 4. The Balaban J connectivity index is 0.000000257. The zero-order valence-electron chi connectivity index (χ0n) is 17.8. The molecule has 10 nitrogen and oxygen atoms in total. The Morgan fingerprint density at radius 1 is 0.971 bits per heavy atom. The highest BCUT2D eigenvalue weighted by Crippen LogP contribution is 2.28. The van der Waals surface area contributed by atoms with Crippen molar-refractivity contribution in [2.75, 3.05) is 44.2 Å². The molecule has 0 aliphatic carbocycles. The van der Waals surface area contributed by atoms with Gasteiger partial charge in [-0.25, -0.2) is 19.6 Å². The summed E-state index contributed by atoms with van der Waals surface area (Å²) in [5.74, 6) is -4.46. The van der Waals surface area contributed by atoms with Crippen molar-refractivity contribution in [2.24, 2.45) is 0 Å². The summed E-state index contributed by atoms with van der Waals surface area (Å²) in [4.78, 5) is 31.3. The zero-order valence-corrected chi connectivity index (χ0v) is 18.6. The highest BCUT2D eigenvalue weighted by Gasteiger charge is 2.39. The molecule has 2 aromatic rings. The number of aliphatic hydroxyl groups is 1. The van der Waals surface area contributed by atoms with Gasteiger partial charge in [0.15, 0.2) is 0 Å². The van der Waals surface area contributed by atoms with Crippen LogP contribution in [0.25, 0.3) is 10.2 Å². The summed E-state index contributed by atoms with van der Waals surface area (Å²) in [7, 11) is 0. The van der Waals surface area contributed by atoms with Crippen LogP contribution >= 0.6 is 11.3 Å². The number of aliphatic carboxylic acids is 2. The third-order valence-corrected chi connectivity index (χ3v) is 5.84. The minimum absolute atomic E-state index is 0.236. The molecule has 0 radical (unpaired) electrons. The minimum Gasteiger partial charge on any atom is -0.475 e. The first kappa shape index (κ1) is 28.5. The molecule has 2 fully saturated rings. The van der Waals surface area contributed by atoms with E-state index >= 15 is 0 Å². The molecule has 0 bridgehead atoms. The van der Waals surface area contributed by atoms with E-state index in [0.29, 0.717) is 6.54 Å². The van der Waals surface area contributed by atoms with Crippen LogP contribution in [0.1, 0.15) is 0 Å². The smallest absolute Gasteiger partial charge is 0.475 e.